The van der Waals surface area contributed by atoms with Crippen LogP contribution in [0.3, 0.4) is 0 Å². The zero-order valence-electron chi connectivity index (χ0n) is 11.2. The lowest BCUT2D eigenvalue weighted by atomic mass is 10.2. The van der Waals surface area contributed by atoms with Gasteiger partial charge in [-0.3, -0.25) is 0 Å². The maximum absolute atomic E-state index is 5.97. The summed E-state index contributed by atoms with van der Waals surface area (Å²) < 4.78 is 0.871. The summed E-state index contributed by atoms with van der Waals surface area (Å²) >= 11 is 9.54. The largest absolute Gasteiger partial charge is 0.316 e. The van der Waals surface area contributed by atoms with Gasteiger partial charge in [0.05, 0.1) is 4.34 Å². The molecule has 4 heteroatoms. The molecular weight excluding hydrogens is 294 g/mol. The third-order valence-electron chi connectivity index (χ3n) is 2.96. The van der Waals surface area contributed by atoms with Crippen LogP contribution in [0, 0.1) is 6.92 Å². The van der Waals surface area contributed by atoms with Crippen molar-refractivity contribution >= 4 is 34.7 Å². The highest BCUT2D eigenvalue weighted by atomic mass is 35.5. The Morgan fingerprint density at radius 3 is 2.53 bits per heavy atom. The summed E-state index contributed by atoms with van der Waals surface area (Å²) in [7, 11) is 2.02. The Morgan fingerprint density at radius 2 is 1.95 bits per heavy atom. The van der Waals surface area contributed by atoms with Crippen molar-refractivity contribution < 1.29 is 0 Å². The van der Waals surface area contributed by atoms with Crippen molar-refractivity contribution in [2.45, 2.75) is 24.3 Å². The predicted molar refractivity (Wildman–Crippen MR) is 87.8 cm³/mol. The number of likely N-dealkylation sites (N-methyl/N-ethyl adjacent to an activating group) is 1. The Morgan fingerprint density at radius 1 is 1.21 bits per heavy atom. The van der Waals surface area contributed by atoms with Crippen molar-refractivity contribution in [3.63, 3.8) is 0 Å². The molecule has 2 aromatic rings. The molecule has 0 aliphatic rings. The van der Waals surface area contributed by atoms with Gasteiger partial charge in [-0.1, -0.05) is 29.3 Å². The van der Waals surface area contributed by atoms with Crippen molar-refractivity contribution in [1.29, 1.82) is 0 Å². The van der Waals surface area contributed by atoms with Crippen molar-refractivity contribution in [3.05, 3.63) is 51.2 Å². The molecule has 0 bridgehead atoms. The maximum atomic E-state index is 5.97. The average molecular weight is 312 g/mol. The van der Waals surface area contributed by atoms with Gasteiger partial charge < -0.3 is 5.32 Å². The van der Waals surface area contributed by atoms with E-state index in [-0.39, 0.29) is 0 Å². The number of hydrogen-bond donors (Lipinski definition) is 1. The predicted octanol–water partition coefficient (Wildman–Crippen LogP) is 4.63. The molecule has 0 spiro atoms. The molecule has 0 saturated heterocycles. The van der Waals surface area contributed by atoms with Crippen LogP contribution in [0.4, 0.5) is 0 Å². The van der Waals surface area contributed by atoms with Crippen LogP contribution >= 0.6 is 34.7 Å². The maximum Gasteiger partial charge on any atom is 0.0931 e. The van der Waals surface area contributed by atoms with Gasteiger partial charge >= 0.3 is 0 Å². The van der Waals surface area contributed by atoms with Crippen molar-refractivity contribution in [2.75, 3.05) is 12.8 Å². The van der Waals surface area contributed by atoms with E-state index in [0.29, 0.717) is 6.04 Å². The number of benzene rings is 1. The Balaban J connectivity index is 1.87. The second-order valence-corrected chi connectivity index (χ2v) is 7.41. The Hall–Kier alpha value is -0.480. The van der Waals surface area contributed by atoms with Gasteiger partial charge in [0, 0.05) is 21.6 Å². The van der Waals surface area contributed by atoms with Crippen molar-refractivity contribution in [1.82, 2.24) is 5.32 Å². The second-order valence-electron chi connectivity index (χ2n) is 4.52. The summed E-state index contributed by atoms with van der Waals surface area (Å²) in [5.74, 6) is 1.06. The molecule has 0 radical (unpaired) electrons. The molecule has 0 amide bonds. The molecule has 19 heavy (non-hydrogen) atoms. The molecule has 0 aliphatic heterocycles. The topological polar surface area (TPSA) is 12.0 Å². The minimum atomic E-state index is 0.473. The summed E-state index contributed by atoms with van der Waals surface area (Å²) in [6.07, 6.45) is 1.03. The van der Waals surface area contributed by atoms with Crippen LogP contribution < -0.4 is 5.32 Å². The molecule has 102 valence electrons. The normalized spacial score (nSPS) is 12.6. The van der Waals surface area contributed by atoms with Gasteiger partial charge in [0.2, 0.25) is 0 Å². The number of halogens is 1. The number of rotatable bonds is 6. The van der Waals surface area contributed by atoms with E-state index < -0.39 is 0 Å². The van der Waals surface area contributed by atoms with E-state index in [1.54, 1.807) is 11.3 Å². The van der Waals surface area contributed by atoms with E-state index in [9.17, 15) is 0 Å². The smallest absolute Gasteiger partial charge is 0.0931 e. The molecule has 1 heterocycles. The SMILES string of the molecule is CNC(CSc1ccc(C)cc1)Cc1ccc(Cl)s1. The Labute approximate surface area is 128 Å². The highest BCUT2D eigenvalue weighted by Crippen LogP contribution is 2.24. The zero-order chi connectivity index (χ0) is 13.7. The number of nitrogens with one attached hydrogen (secondary N) is 1. The van der Waals surface area contributed by atoms with E-state index >= 15 is 0 Å². The van der Waals surface area contributed by atoms with E-state index in [1.807, 2.05) is 24.9 Å². The third-order valence-corrected chi connectivity index (χ3v) is 5.38. The lowest BCUT2D eigenvalue weighted by Gasteiger charge is -2.14. The number of aryl methyl sites for hydroxylation is 1. The first-order valence-electron chi connectivity index (χ1n) is 6.28. The van der Waals surface area contributed by atoms with Crippen molar-refractivity contribution in [3.8, 4) is 0 Å². The third kappa shape index (κ3) is 4.84. The van der Waals surface area contributed by atoms with Crippen LogP contribution in [0.15, 0.2) is 41.3 Å². The highest BCUT2D eigenvalue weighted by Gasteiger charge is 2.09. The number of thiophene rings is 1. The standard InChI is InChI=1S/C15H18ClNS2/c1-11-3-5-13(6-4-11)18-10-12(17-2)9-14-7-8-15(16)19-14/h3-8,12,17H,9-10H2,1-2H3. The summed E-state index contributed by atoms with van der Waals surface area (Å²) in [6.45, 7) is 2.12. The van der Waals surface area contributed by atoms with E-state index in [2.05, 4.69) is 42.6 Å². The monoisotopic (exact) mass is 311 g/mol. The number of thioether (sulfide) groups is 1. The molecule has 1 aromatic carbocycles. The molecule has 1 aromatic heterocycles. The van der Waals surface area contributed by atoms with Gasteiger partial charge in [0.15, 0.2) is 0 Å². The number of hydrogen-bond acceptors (Lipinski definition) is 3. The minimum Gasteiger partial charge on any atom is -0.316 e. The van der Waals surface area contributed by atoms with Crippen LogP contribution in [0.5, 0.6) is 0 Å². The van der Waals surface area contributed by atoms with E-state index in [0.717, 1.165) is 16.5 Å². The Kier molecular flexibility index (Phi) is 5.76. The molecule has 1 unspecified atom stereocenters. The average Bonchev–Trinajstić information content (AvgIpc) is 2.82. The second kappa shape index (κ2) is 7.34. The van der Waals surface area contributed by atoms with Gasteiger partial charge in [-0.25, -0.2) is 0 Å². The van der Waals surface area contributed by atoms with Gasteiger partial charge in [-0.2, -0.15) is 0 Å². The first kappa shape index (κ1) is 14.9. The minimum absolute atomic E-state index is 0.473. The van der Waals surface area contributed by atoms with Gasteiger partial charge in [0.1, 0.15) is 0 Å². The lowest BCUT2D eigenvalue weighted by molar-refractivity contribution is 0.622. The highest BCUT2D eigenvalue weighted by molar-refractivity contribution is 7.99. The molecule has 0 fully saturated rings. The molecule has 1 N–H and O–H groups in total. The van der Waals surface area contributed by atoms with E-state index in [1.165, 1.54) is 15.3 Å². The first-order chi connectivity index (χ1) is 9.17. The quantitative estimate of drug-likeness (QED) is 0.780. The molecule has 1 nitrogen and oxygen atoms in total. The Bertz CT molecular complexity index is 507. The summed E-state index contributed by atoms with van der Waals surface area (Å²) in [4.78, 5) is 2.67. The van der Waals surface area contributed by atoms with Crippen molar-refractivity contribution in [2.24, 2.45) is 0 Å². The lowest BCUT2D eigenvalue weighted by Crippen LogP contribution is -2.29. The molecule has 0 saturated carbocycles. The summed E-state index contributed by atoms with van der Waals surface area (Å²) in [6, 6.07) is 13.3. The fourth-order valence-corrected chi connectivity index (χ4v) is 3.95. The molecule has 0 aliphatic carbocycles. The van der Waals surface area contributed by atoms with Crippen LogP contribution in [0.2, 0.25) is 4.34 Å². The van der Waals surface area contributed by atoms with Gasteiger partial charge in [-0.15, -0.1) is 23.1 Å². The van der Waals surface area contributed by atoms with Crippen LogP contribution in [0.1, 0.15) is 10.4 Å². The molecular formula is C15H18ClNS2. The molecule has 1 atom stereocenters. The summed E-state index contributed by atoms with van der Waals surface area (Å²) in [5.41, 5.74) is 1.31. The first-order valence-corrected chi connectivity index (χ1v) is 8.46. The van der Waals surface area contributed by atoms with Crippen LogP contribution in [0.25, 0.3) is 0 Å². The fourth-order valence-electron chi connectivity index (χ4n) is 1.78. The van der Waals surface area contributed by atoms with E-state index in [4.69, 9.17) is 11.6 Å². The van der Waals surface area contributed by atoms with Gasteiger partial charge in [0.25, 0.3) is 0 Å². The zero-order valence-corrected chi connectivity index (χ0v) is 13.5. The fraction of sp³-hybridized carbons (Fsp3) is 0.333. The van der Waals surface area contributed by atoms with Crippen LogP contribution in [-0.2, 0) is 6.42 Å². The van der Waals surface area contributed by atoms with Crippen LogP contribution in [-0.4, -0.2) is 18.8 Å². The summed E-state index contributed by atoms with van der Waals surface area (Å²) in [5, 5.41) is 3.38. The molecule has 2 rings (SSSR count). The van der Waals surface area contributed by atoms with Gasteiger partial charge in [-0.05, 0) is 44.7 Å².